The van der Waals surface area contributed by atoms with Crippen molar-refractivity contribution in [3.63, 3.8) is 0 Å². The van der Waals surface area contributed by atoms with Gasteiger partial charge in [0, 0.05) is 11.1 Å². The average Bonchev–Trinajstić information content (AvgIpc) is 3.05. The second-order valence-corrected chi connectivity index (χ2v) is 5.34. The molecule has 0 atom stereocenters. The summed E-state index contributed by atoms with van der Waals surface area (Å²) in [4.78, 5) is 12.5. The molecule has 23 heavy (non-hydrogen) atoms. The molecule has 6 nitrogen and oxygen atoms in total. The highest BCUT2D eigenvalue weighted by Crippen LogP contribution is 2.26. The number of carbonyl (C=O) groups is 1. The summed E-state index contributed by atoms with van der Waals surface area (Å²) in [7, 11) is 0. The van der Waals surface area contributed by atoms with E-state index < -0.39 is 11.7 Å². The minimum Gasteiger partial charge on any atom is -0.321 e. The summed E-state index contributed by atoms with van der Waals surface area (Å²) in [6, 6.07) is 8.34. The van der Waals surface area contributed by atoms with E-state index in [0.29, 0.717) is 15.7 Å². The zero-order valence-electron chi connectivity index (χ0n) is 11.4. The maximum atomic E-state index is 13.5. The van der Waals surface area contributed by atoms with Crippen LogP contribution in [0.3, 0.4) is 0 Å². The van der Waals surface area contributed by atoms with Crippen molar-refractivity contribution in [2.45, 2.75) is 0 Å². The number of rotatable bonds is 3. The Kier molecular flexibility index (Phi) is 4.22. The summed E-state index contributed by atoms with van der Waals surface area (Å²) in [6.07, 6.45) is 1.26. The Balaban J connectivity index is 1.98. The highest BCUT2D eigenvalue weighted by molar-refractivity contribution is 6.35. The maximum Gasteiger partial charge on any atom is 0.257 e. The van der Waals surface area contributed by atoms with Crippen molar-refractivity contribution in [1.29, 1.82) is 0 Å². The van der Waals surface area contributed by atoms with Gasteiger partial charge in [-0.1, -0.05) is 23.2 Å². The van der Waals surface area contributed by atoms with Gasteiger partial charge in [0.1, 0.15) is 12.1 Å². The third-order valence-corrected chi connectivity index (χ3v) is 3.54. The van der Waals surface area contributed by atoms with Gasteiger partial charge in [-0.3, -0.25) is 4.79 Å². The van der Waals surface area contributed by atoms with Crippen LogP contribution >= 0.6 is 23.2 Å². The van der Waals surface area contributed by atoms with Crippen molar-refractivity contribution in [2.75, 3.05) is 5.32 Å². The van der Waals surface area contributed by atoms with Crippen LogP contribution in [0.2, 0.25) is 10.0 Å². The van der Waals surface area contributed by atoms with Crippen LogP contribution < -0.4 is 5.32 Å². The van der Waals surface area contributed by atoms with Crippen LogP contribution in [0, 0.1) is 5.82 Å². The second kappa shape index (κ2) is 6.31. The van der Waals surface area contributed by atoms with E-state index in [1.807, 2.05) is 0 Å². The number of hydrogen-bond donors (Lipinski definition) is 1. The molecule has 1 N–H and O–H groups in total. The Bertz CT molecular complexity index is 870. The molecule has 0 aliphatic carbocycles. The van der Waals surface area contributed by atoms with Gasteiger partial charge in [0.2, 0.25) is 0 Å². The number of nitrogens with one attached hydrogen (secondary N) is 1. The molecule has 0 saturated heterocycles. The predicted octanol–water partition coefficient (Wildman–Crippen LogP) is 3.36. The van der Waals surface area contributed by atoms with Crippen molar-refractivity contribution in [3.05, 3.63) is 64.2 Å². The van der Waals surface area contributed by atoms with Crippen molar-refractivity contribution < 1.29 is 9.18 Å². The first-order valence-electron chi connectivity index (χ1n) is 6.34. The lowest BCUT2D eigenvalue weighted by molar-refractivity contribution is 0.102. The van der Waals surface area contributed by atoms with Crippen LogP contribution in [0.25, 0.3) is 5.69 Å². The first-order chi connectivity index (χ1) is 11.0. The molecule has 0 radical (unpaired) electrons. The van der Waals surface area contributed by atoms with Gasteiger partial charge in [0.05, 0.1) is 22.0 Å². The lowest BCUT2D eigenvalue weighted by Crippen LogP contribution is -2.16. The van der Waals surface area contributed by atoms with Crippen molar-refractivity contribution >= 4 is 34.8 Å². The van der Waals surface area contributed by atoms with E-state index in [4.69, 9.17) is 23.2 Å². The van der Waals surface area contributed by atoms with E-state index in [1.54, 1.807) is 12.1 Å². The molecule has 1 amide bonds. The number of tetrazole rings is 1. The van der Waals surface area contributed by atoms with E-state index in [0.717, 1.165) is 6.07 Å². The van der Waals surface area contributed by atoms with Gasteiger partial charge in [-0.25, -0.2) is 4.39 Å². The van der Waals surface area contributed by atoms with Crippen LogP contribution in [0.1, 0.15) is 10.4 Å². The van der Waals surface area contributed by atoms with Crippen LogP contribution in [-0.4, -0.2) is 26.1 Å². The zero-order valence-corrected chi connectivity index (χ0v) is 12.9. The van der Waals surface area contributed by atoms with Crippen LogP contribution in [-0.2, 0) is 0 Å². The quantitative estimate of drug-likeness (QED) is 0.785. The molecule has 0 aliphatic rings. The van der Waals surface area contributed by atoms with E-state index in [9.17, 15) is 9.18 Å². The molecule has 0 spiro atoms. The zero-order chi connectivity index (χ0) is 16.4. The number of carbonyl (C=O) groups excluding carboxylic acids is 1. The number of benzene rings is 2. The summed E-state index contributed by atoms with van der Waals surface area (Å²) in [5, 5.41) is 14.0. The van der Waals surface area contributed by atoms with Gasteiger partial charge in [0.15, 0.2) is 0 Å². The monoisotopic (exact) mass is 351 g/mol. The molecule has 0 bridgehead atoms. The lowest BCUT2D eigenvalue weighted by atomic mass is 10.1. The average molecular weight is 352 g/mol. The topological polar surface area (TPSA) is 72.7 Å². The standard InChI is InChI=1S/C14H8Cl2FN5O/c15-8-1-4-11(16)12(5-8)19-14(23)10-3-2-9(17)6-13(10)22-7-18-20-21-22/h1-7H,(H,19,23). The fourth-order valence-corrected chi connectivity index (χ4v) is 2.28. The fraction of sp³-hybridized carbons (Fsp3) is 0. The number of halogens is 3. The van der Waals surface area contributed by atoms with Crippen LogP contribution in [0.4, 0.5) is 10.1 Å². The van der Waals surface area contributed by atoms with E-state index in [1.165, 1.54) is 29.2 Å². The highest BCUT2D eigenvalue weighted by Gasteiger charge is 2.16. The molecule has 3 aromatic rings. The molecule has 0 saturated carbocycles. The van der Waals surface area contributed by atoms with Crippen molar-refractivity contribution in [1.82, 2.24) is 20.2 Å². The normalized spacial score (nSPS) is 10.6. The number of amides is 1. The molecule has 0 fully saturated rings. The minimum atomic E-state index is -0.521. The van der Waals surface area contributed by atoms with E-state index in [2.05, 4.69) is 20.8 Å². The Labute approximate surface area is 139 Å². The van der Waals surface area contributed by atoms with Crippen molar-refractivity contribution in [2.24, 2.45) is 0 Å². The summed E-state index contributed by atoms with van der Waals surface area (Å²) < 4.78 is 14.7. The first-order valence-corrected chi connectivity index (χ1v) is 7.09. The molecule has 116 valence electrons. The third-order valence-electron chi connectivity index (χ3n) is 2.98. The lowest BCUT2D eigenvalue weighted by Gasteiger charge is -2.11. The summed E-state index contributed by atoms with van der Waals surface area (Å²) in [5.74, 6) is -1.02. The SMILES string of the molecule is O=C(Nc1cc(Cl)ccc1Cl)c1ccc(F)cc1-n1cnnn1. The van der Waals surface area contributed by atoms with Crippen LogP contribution in [0.15, 0.2) is 42.7 Å². The summed E-state index contributed by atoms with van der Waals surface area (Å²) in [6.45, 7) is 0. The largest absolute Gasteiger partial charge is 0.321 e. The van der Waals surface area contributed by atoms with E-state index >= 15 is 0 Å². The van der Waals surface area contributed by atoms with Gasteiger partial charge in [-0.05, 0) is 40.8 Å². The number of aromatic nitrogens is 4. The van der Waals surface area contributed by atoms with E-state index in [-0.39, 0.29) is 11.3 Å². The highest BCUT2D eigenvalue weighted by atomic mass is 35.5. The molecule has 1 heterocycles. The van der Waals surface area contributed by atoms with Crippen LogP contribution in [0.5, 0.6) is 0 Å². The van der Waals surface area contributed by atoms with Gasteiger partial charge in [-0.2, -0.15) is 4.68 Å². The van der Waals surface area contributed by atoms with Gasteiger partial charge >= 0.3 is 0 Å². The number of nitrogens with zero attached hydrogens (tertiary/aromatic N) is 4. The molecular formula is C14H8Cl2FN5O. The van der Waals surface area contributed by atoms with Gasteiger partial charge < -0.3 is 5.32 Å². The predicted molar refractivity (Wildman–Crippen MR) is 83.5 cm³/mol. The molecule has 0 aliphatic heterocycles. The second-order valence-electron chi connectivity index (χ2n) is 4.49. The smallest absolute Gasteiger partial charge is 0.257 e. The van der Waals surface area contributed by atoms with Gasteiger partial charge in [0.25, 0.3) is 5.91 Å². The molecule has 9 heteroatoms. The Morgan fingerprint density at radius 2 is 2.00 bits per heavy atom. The van der Waals surface area contributed by atoms with Crippen molar-refractivity contribution in [3.8, 4) is 5.69 Å². The fourth-order valence-electron chi connectivity index (χ4n) is 1.94. The third kappa shape index (κ3) is 3.30. The Morgan fingerprint density at radius 1 is 1.17 bits per heavy atom. The number of hydrogen-bond acceptors (Lipinski definition) is 4. The molecule has 2 aromatic carbocycles. The molecular weight excluding hydrogens is 344 g/mol. The Morgan fingerprint density at radius 3 is 2.74 bits per heavy atom. The summed E-state index contributed by atoms with van der Waals surface area (Å²) >= 11 is 11.9. The Hall–Kier alpha value is -2.51. The molecule has 3 rings (SSSR count). The maximum absolute atomic E-state index is 13.5. The molecule has 0 unspecified atom stereocenters. The first kappa shape index (κ1) is 15.4. The number of anilines is 1. The van der Waals surface area contributed by atoms with Gasteiger partial charge in [-0.15, -0.1) is 5.10 Å². The summed E-state index contributed by atoms with van der Waals surface area (Å²) in [5.41, 5.74) is 0.719. The minimum absolute atomic E-state index is 0.176. The molecule has 1 aromatic heterocycles.